The minimum Gasteiger partial charge on any atom is -0.398 e. The zero-order chi connectivity index (χ0) is 17.2. The molecule has 0 saturated heterocycles. The number of carbonyl (C=O) groups excluding carboxylic acids is 1. The number of halogens is 2. The molecule has 23 heavy (non-hydrogen) atoms. The first-order chi connectivity index (χ1) is 10.7. The van der Waals surface area contributed by atoms with Crippen LogP contribution in [-0.4, -0.2) is 14.3 Å². The van der Waals surface area contributed by atoms with Gasteiger partial charge in [0.2, 0.25) is 5.91 Å². The Kier molecular flexibility index (Phi) is 5.19. The van der Waals surface area contributed by atoms with Crippen molar-refractivity contribution in [1.29, 1.82) is 0 Å². The molecule has 122 valence electrons. The zero-order valence-electron chi connectivity index (χ0n) is 12.1. The normalized spacial score (nSPS) is 11.3. The number of sulfone groups is 1. The van der Waals surface area contributed by atoms with Crippen LogP contribution in [0.15, 0.2) is 41.3 Å². The van der Waals surface area contributed by atoms with Crippen LogP contribution >= 0.6 is 23.2 Å². The first kappa shape index (κ1) is 17.6. The molecular formula is C15H14Cl2N2O3S. The number of amides is 1. The lowest BCUT2D eigenvalue weighted by atomic mass is 10.2. The van der Waals surface area contributed by atoms with Crippen LogP contribution in [0.4, 0.5) is 11.4 Å². The van der Waals surface area contributed by atoms with Gasteiger partial charge in [0.05, 0.1) is 26.4 Å². The van der Waals surface area contributed by atoms with Gasteiger partial charge in [-0.2, -0.15) is 0 Å². The lowest BCUT2D eigenvalue weighted by molar-refractivity contribution is -0.114. The van der Waals surface area contributed by atoms with Gasteiger partial charge in [-0.15, -0.1) is 0 Å². The van der Waals surface area contributed by atoms with E-state index in [0.717, 1.165) is 0 Å². The summed E-state index contributed by atoms with van der Waals surface area (Å²) in [4.78, 5) is 11.0. The molecule has 0 unspecified atom stereocenters. The number of hydrogen-bond acceptors (Lipinski definition) is 4. The van der Waals surface area contributed by atoms with Gasteiger partial charge in [0.25, 0.3) is 0 Å². The Balaban J connectivity index is 2.32. The van der Waals surface area contributed by atoms with Gasteiger partial charge in [-0.05, 0) is 35.9 Å². The van der Waals surface area contributed by atoms with E-state index in [4.69, 9.17) is 28.9 Å². The van der Waals surface area contributed by atoms with Crippen LogP contribution in [0.3, 0.4) is 0 Å². The molecule has 3 N–H and O–H groups in total. The molecule has 5 nitrogen and oxygen atoms in total. The molecule has 0 radical (unpaired) electrons. The monoisotopic (exact) mass is 372 g/mol. The fourth-order valence-electron chi connectivity index (χ4n) is 2.04. The van der Waals surface area contributed by atoms with Crippen LogP contribution in [0, 0.1) is 0 Å². The van der Waals surface area contributed by atoms with E-state index in [9.17, 15) is 13.2 Å². The van der Waals surface area contributed by atoms with E-state index in [-0.39, 0.29) is 27.3 Å². The molecule has 0 atom stereocenters. The fraction of sp³-hybridized carbons (Fsp3) is 0.133. The van der Waals surface area contributed by atoms with Gasteiger partial charge in [-0.1, -0.05) is 29.3 Å². The van der Waals surface area contributed by atoms with Crippen LogP contribution in [-0.2, 0) is 20.4 Å². The van der Waals surface area contributed by atoms with Crippen molar-refractivity contribution in [3.05, 3.63) is 52.0 Å². The quantitative estimate of drug-likeness (QED) is 0.803. The second-order valence-electron chi connectivity index (χ2n) is 4.94. The number of nitrogen functional groups attached to an aromatic ring is 1. The Hall–Kier alpha value is -1.76. The standard InChI is InChI=1S/C15H14Cl2N2O3S/c1-9(20)19-11-3-5-15(14(18)7-11)23(21,22)8-10-2-4-12(16)13(17)6-10/h2-7H,8,18H2,1H3,(H,19,20). The number of nitrogens with one attached hydrogen (secondary N) is 1. The molecule has 0 aliphatic carbocycles. The molecular weight excluding hydrogens is 359 g/mol. The Morgan fingerprint density at radius 3 is 2.39 bits per heavy atom. The maximum Gasteiger partial charge on any atom is 0.221 e. The molecule has 2 rings (SSSR count). The van der Waals surface area contributed by atoms with Crippen LogP contribution in [0.25, 0.3) is 0 Å². The average molecular weight is 373 g/mol. The van der Waals surface area contributed by atoms with E-state index in [2.05, 4.69) is 5.32 Å². The van der Waals surface area contributed by atoms with E-state index < -0.39 is 9.84 Å². The van der Waals surface area contributed by atoms with Crippen molar-refractivity contribution < 1.29 is 13.2 Å². The Bertz CT molecular complexity index is 867. The Morgan fingerprint density at radius 1 is 1.13 bits per heavy atom. The van der Waals surface area contributed by atoms with Crippen molar-refractivity contribution in [1.82, 2.24) is 0 Å². The van der Waals surface area contributed by atoms with Gasteiger partial charge in [-0.25, -0.2) is 8.42 Å². The third-order valence-corrected chi connectivity index (χ3v) is 5.50. The van der Waals surface area contributed by atoms with Gasteiger partial charge in [0, 0.05) is 12.6 Å². The predicted octanol–water partition coefficient (Wildman–Crippen LogP) is 3.51. The van der Waals surface area contributed by atoms with Gasteiger partial charge in [0.15, 0.2) is 9.84 Å². The van der Waals surface area contributed by atoms with E-state index in [1.54, 1.807) is 6.07 Å². The topological polar surface area (TPSA) is 89.3 Å². The van der Waals surface area contributed by atoms with Crippen LogP contribution < -0.4 is 11.1 Å². The fourth-order valence-corrected chi connectivity index (χ4v) is 3.83. The summed E-state index contributed by atoms with van der Waals surface area (Å²) in [7, 11) is -3.66. The van der Waals surface area contributed by atoms with Crippen molar-refractivity contribution in [2.75, 3.05) is 11.1 Å². The predicted molar refractivity (Wildman–Crippen MR) is 92.5 cm³/mol. The molecule has 2 aromatic carbocycles. The third kappa shape index (κ3) is 4.37. The van der Waals surface area contributed by atoms with Crippen LogP contribution in [0.2, 0.25) is 10.0 Å². The molecule has 0 fully saturated rings. The van der Waals surface area contributed by atoms with Crippen LogP contribution in [0.1, 0.15) is 12.5 Å². The molecule has 0 aliphatic rings. The maximum atomic E-state index is 12.5. The van der Waals surface area contributed by atoms with Gasteiger partial charge >= 0.3 is 0 Å². The summed E-state index contributed by atoms with van der Waals surface area (Å²) in [5.74, 6) is -0.524. The second-order valence-corrected chi connectivity index (χ2v) is 7.71. The summed E-state index contributed by atoms with van der Waals surface area (Å²) >= 11 is 11.7. The highest BCUT2D eigenvalue weighted by atomic mass is 35.5. The van der Waals surface area contributed by atoms with Gasteiger partial charge in [0.1, 0.15) is 0 Å². The number of benzene rings is 2. The van der Waals surface area contributed by atoms with Crippen molar-refractivity contribution in [2.45, 2.75) is 17.6 Å². The smallest absolute Gasteiger partial charge is 0.221 e. The molecule has 0 bridgehead atoms. The highest BCUT2D eigenvalue weighted by Gasteiger charge is 2.19. The van der Waals surface area contributed by atoms with Crippen molar-refractivity contribution in [2.24, 2.45) is 0 Å². The minimum atomic E-state index is -3.66. The number of nitrogens with two attached hydrogens (primary N) is 1. The largest absolute Gasteiger partial charge is 0.398 e. The van der Waals surface area contributed by atoms with E-state index >= 15 is 0 Å². The van der Waals surface area contributed by atoms with Crippen molar-refractivity contribution >= 4 is 50.3 Å². The van der Waals surface area contributed by atoms with E-state index in [0.29, 0.717) is 16.3 Å². The minimum absolute atomic E-state index is 0.00215. The molecule has 8 heteroatoms. The highest BCUT2D eigenvalue weighted by molar-refractivity contribution is 7.90. The lowest BCUT2D eigenvalue weighted by Crippen LogP contribution is -2.10. The van der Waals surface area contributed by atoms with Gasteiger partial charge < -0.3 is 11.1 Å². The number of hydrogen-bond donors (Lipinski definition) is 2. The molecule has 0 aliphatic heterocycles. The first-order valence-electron chi connectivity index (χ1n) is 6.53. The van der Waals surface area contributed by atoms with E-state index in [1.807, 2.05) is 0 Å². The molecule has 1 amide bonds. The summed E-state index contributed by atoms with van der Waals surface area (Å²) in [6.45, 7) is 1.35. The van der Waals surface area contributed by atoms with Gasteiger partial charge in [-0.3, -0.25) is 4.79 Å². The molecule has 0 saturated carbocycles. The molecule has 0 heterocycles. The lowest BCUT2D eigenvalue weighted by Gasteiger charge is -2.10. The summed E-state index contributed by atoms with van der Waals surface area (Å²) in [5, 5.41) is 3.18. The maximum absolute atomic E-state index is 12.5. The second kappa shape index (κ2) is 6.78. The SMILES string of the molecule is CC(=O)Nc1ccc(S(=O)(=O)Cc2ccc(Cl)c(Cl)c2)c(N)c1. The summed E-state index contributed by atoms with van der Waals surface area (Å²) < 4.78 is 25.0. The molecule has 0 spiro atoms. The molecule has 2 aromatic rings. The summed E-state index contributed by atoms with van der Waals surface area (Å²) in [6.07, 6.45) is 0. The molecule has 0 aromatic heterocycles. The Morgan fingerprint density at radius 2 is 1.83 bits per heavy atom. The van der Waals surface area contributed by atoms with Crippen molar-refractivity contribution in [3.63, 3.8) is 0 Å². The summed E-state index contributed by atoms with van der Waals surface area (Å²) in [5.41, 5.74) is 6.82. The highest BCUT2D eigenvalue weighted by Crippen LogP contribution is 2.28. The number of anilines is 2. The number of carbonyl (C=O) groups is 1. The third-order valence-electron chi connectivity index (χ3n) is 3.01. The van der Waals surface area contributed by atoms with Crippen LogP contribution in [0.5, 0.6) is 0 Å². The number of rotatable bonds is 4. The first-order valence-corrected chi connectivity index (χ1v) is 8.93. The Labute approximate surface area is 144 Å². The van der Waals surface area contributed by atoms with E-state index in [1.165, 1.54) is 37.3 Å². The summed E-state index contributed by atoms with van der Waals surface area (Å²) in [6, 6.07) is 8.89. The average Bonchev–Trinajstić information content (AvgIpc) is 2.41. The zero-order valence-corrected chi connectivity index (χ0v) is 14.5. The van der Waals surface area contributed by atoms with Crippen molar-refractivity contribution in [3.8, 4) is 0 Å².